The first-order valence-electron chi connectivity index (χ1n) is 7.54. The minimum Gasteiger partial charge on any atom is -0.392 e. The molecule has 1 rings (SSSR count). The molecule has 0 unspecified atom stereocenters. The Labute approximate surface area is 117 Å². The van der Waals surface area contributed by atoms with Gasteiger partial charge in [-0.3, -0.25) is 9.80 Å². The molecule has 0 spiro atoms. The standard InChI is InChI=1S/C14H30N2O3/c1-3-13(17)11-15-6-8-16(9-7-15)12-14(18)5-10-19-4-2/h13-14,17-18H,3-12H2,1-2H3/t13-,14+/m0/s1. The molecule has 1 aliphatic heterocycles. The fourth-order valence-corrected chi connectivity index (χ4v) is 2.33. The zero-order chi connectivity index (χ0) is 14.1. The van der Waals surface area contributed by atoms with Crippen molar-refractivity contribution in [3.63, 3.8) is 0 Å². The number of hydrogen-bond donors (Lipinski definition) is 2. The molecule has 0 aromatic heterocycles. The van der Waals surface area contributed by atoms with Crippen LogP contribution in [-0.2, 0) is 4.74 Å². The van der Waals surface area contributed by atoms with Gasteiger partial charge in [-0.15, -0.1) is 0 Å². The summed E-state index contributed by atoms with van der Waals surface area (Å²) in [5.74, 6) is 0. The van der Waals surface area contributed by atoms with Crippen LogP contribution in [0.2, 0.25) is 0 Å². The Morgan fingerprint density at radius 1 is 0.947 bits per heavy atom. The summed E-state index contributed by atoms with van der Waals surface area (Å²) in [6.07, 6.45) is 1.03. The molecule has 2 N–H and O–H groups in total. The summed E-state index contributed by atoms with van der Waals surface area (Å²) < 4.78 is 5.25. The molecule has 1 heterocycles. The maximum absolute atomic E-state index is 9.90. The van der Waals surface area contributed by atoms with Crippen LogP contribution in [0.4, 0.5) is 0 Å². The molecule has 1 fully saturated rings. The van der Waals surface area contributed by atoms with Gasteiger partial charge in [-0.1, -0.05) is 6.92 Å². The number of rotatable bonds is 9. The van der Waals surface area contributed by atoms with E-state index in [4.69, 9.17) is 4.74 Å². The normalized spacial score (nSPS) is 21.5. The van der Waals surface area contributed by atoms with E-state index in [0.29, 0.717) is 19.6 Å². The Hall–Kier alpha value is -0.200. The zero-order valence-electron chi connectivity index (χ0n) is 12.4. The number of aliphatic hydroxyl groups is 2. The lowest BCUT2D eigenvalue weighted by Crippen LogP contribution is -2.50. The SMILES string of the molecule is CCOCC[C@@H](O)CN1CCN(C[C@@H](O)CC)CC1. The van der Waals surface area contributed by atoms with Crippen LogP contribution in [0, 0.1) is 0 Å². The van der Waals surface area contributed by atoms with Crippen molar-refractivity contribution in [2.24, 2.45) is 0 Å². The molecule has 0 saturated carbocycles. The highest BCUT2D eigenvalue weighted by atomic mass is 16.5. The van der Waals surface area contributed by atoms with Crippen molar-refractivity contribution >= 4 is 0 Å². The van der Waals surface area contributed by atoms with E-state index >= 15 is 0 Å². The lowest BCUT2D eigenvalue weighted by atomic mass is 10.2. The molecular formula is C14H30N2O3. The molecule has 0 bridgehead atoms. The number of nitrogens with zero attached hydrogens (tertiary/aromatic N) is 2. The molecular weight excluding hydrogens is 244 g/mol. The summed E-state index contributed by atoms with van der Waals surface area (Å²) in [5, 5.41) is 19.5. The van der Waals surface area contributed by atoms with Crippen molar-refractivity contribution in [3.8, 4) is 0 Å². The van der Waals surface area contributed by atoms with Crippen LogP contribution in [-0.4, -0.2) is 84.7 Å². The van der Waals surface area contributed by atoms with Crippen molar-refractivity contribution in [1.82, 2.24) is 9.80 Å². The lowest BCUT2D eigenvalue weighted by Gasteiger charge is -2.36. The van der Waals surface area contributed by atoms with Gasteiger partial charge in [0.1, 0.15) is 0 Å². The van der Waals surface area contributed by atoms with Gasteiger partial charge >= 0.3 is 0 Å². The maximum Gasteiger partial charge on any atom is 0.0689 e. The molecule has 0 radical (unpaired) electrons. The van der Waals surface area contributed by atoms with Crippen LogP contribution in [0.3, 0.4) is 0 Å². The van der Waals surface area contributed by atoms with Crippen molar-refractivity contribution in [3.05, 3.63) is 0 Å². The molecule has 5 heteroatoms. The quantitative estimate of drug-likeness (QED) is 0.587. The number of aliphatic hydroxyl groups excluding tert-OH is 2. The Balaban J connectivity index is 2.12. The number of hydrogen-bond acceptors (Lipinski definition) is 5. The number of β-amino-alcohol motifs (C(OH)–C–C–N with tert-alkyl or cyclic N) is 2. The van der Waals surface area contributed by atoms with Gasteiger partial charge in [0.25, 0.3) is 0 Å². The molecule has 0 aromatic rings. The zero-order valence-corrected chi connectivity index (χ0v) is 12.4. The van der Waals surface area contributed by atoms with Gasteiger partial charge in [-0.25, -0.2) is 0 Å². The summed E-state index contributed by atoms with van der Waals surface area (Å²) >= 11 is 0. The number of ether oxygens (including phenoxy) is 1. The van der Waals surface area contributed by atoms with E-state index in [0.717, 1.165) is 45.7 Å². The molecule has 0 aromatic carbocycles. The van der Waals surface area contributed by atoms with Gasteiger partial charge in [0.2, 0.25) is 0 Å². The van der Waals surface area contributed by atoms with Crippen LogP contribution in [0.15, 0.2) is 0 Å². The molecule has 0 amide bonds. The monoisotopic (exact) mass is 274 g/mol. The highest BCUT2D eigenvalue weighted by molar-refractivity contribution is 4.75. The molecule has 2 atom stereocenters. The third kappa shape index (κ3) is 7.22. The van der Waals surface area contributed by atoms with Crippen molar-refractivity contribution in [1.29, 1.82) is 0 Å². The minimum absolute atomic E-state index is 0.205. The molecule has 1 aliphatic rings. The highest BCUT2D eigenvalue weighted by Crippen LogP contribution is 2.06. The molecule has 19 heavy (non-hydrogen) atoms. The smallest absolute Gasteiger partial charge is 0.0689 e. The van der Waals surface area contributed by atoms with E-state index in [1.807, 2.05) is 13.8 Å². The first kappa shape index (κ1) is 16.9. The largest absolute Gasteiger partial charge is 0.392 e. The number of piperazine rings is 1. The second-order valence-electron chi connectivity index (χ2n) is 5.30. The molecule has 5 nitrogen and oxygen atoms in total. The molecule has 0 aliphatic carbocycles. The van der Waals surface area contributed by atoms with Gasteiger partial charge in [-0.05, 0) is 19.8 Å². The Bertz CT molecular complexity index is 221. The van der Waals surface area contributed by atoms with E-state index in [2.05, 4.69) is 9.80 Å². The van der Waals surface area contributed by atoms with Crippen molar-refractivity contribution in [2.45, 2.75) is 38.9 Å². The predicted molar refractivity (Wildman–Crippen MR) is 76.3 cm³/mol. The predicted octanol–water partition coefficient (Wildman–Crippen LogP) is 0.162. The van der Waals surface area contributed by atoms with Gasteiger partial charge < -0.3 is 14.9 Å². The fourth-order valence-electron chi connectivity index (χ4n) is 2.33. The van der Waals surface area contributed by atoms with Gasteiger partial charge in [0, 0.05) is 52.5 Å². The topological polar surface area (TPSA) is 56.2 Å². The summed E-state index contributed by atoms with van der Waals surface area (Å²) in [5.41, 5.74) is 0. The summed E-state index contributed by atoms with van der Waals surface area (Å²) in [7, 11) is 0. The van der Waals surface area contributed by atoms with Crippen LogP contribution < -0.4 is 0 Å². The third-order valence-electron chi connectivity index (χ3n) is 3.67. The van der Waals surface area contributed by atoms with Gasteiger partial charge in [0.05, 0.1) is 12.2 Å². The van der Waals surface area contributed by atoms with Crippen LogP contribution in [0.1, 0.15) is 26.7 Å². The Morgan fingerprint density at radius 2 is 1.47 bits per heavy atom. The Morgan fingerprint density at radius 3 is 1.95 bits per heavy atom. The van der Waals surface area contributed by atoms with Gasteiger partial charge in [0.15, 0.2) is 0 Å². The summed E-state index contributed by atoms with van der Waals surface area (Å²) in [6, 6.07) is 0. The van der Waals surface area contributed by atoms with Crippen LogP contribution in [0.5, 0.6) is 0 Å². The second kappa shape index (κ2) is 9.66. The maximum atomic E-state index is 9.90. The van der Waals surface area contributed by atoms with Crippen LogP contribution >= 0.6 is 0 Å². The first-order valence-corrected chi connectivity index (χ1v) is 7.54. The third-order valence-corrected chi connectivity index (χ3v) is 3.67. The van der Waals surface area contributed by atoms with E-state index in [1.165, 1.54) is 0 Å². The van der Waals surface area contributed by atoms with Gasteiger partial charge in [-0.2, -0.15) is 0 Å². The van der Waals surface area contributed by atoms with E-state index < -0.39 is 0 Å². The average Bonchev–Trinajstić information content (AvgIpc) is 2.41. The second-order valence-corrected chi connectivity index (χ2v) is 5.30. The first-order chi connectivity index (χ1) is 9.15. The summed E-state index contributed by atoms with van der Waals surface area (Å²) in [4.78, 5) is 4.60. The highest BCUT2D eigenvalue weighted by Gasteiger charge is 2.20. The minimum atomic E-state index is -0.292. The van der Waals surface area contributed by atoms with Crippen molar-refractivity contribution in [2.75, 3.05) is 52.5 Å². The fraction of sp³-hybridized carbons (Fsp3) is 1.00. The summed E-state index contributed by atoms with van der Waals surface area (Å²) in [6.45, 7) is 10.8. The average molecular weight is 274 g/mol. The molecule has 1 saturated heterocycles. The Kier molecular flexibility index (Phi) is 8.57. The van der Waals surface area contributed by atoms with Crippen LogP contribution in [0.25, 0.3) is 0 Å². The van der Waals surface area contributed by atoms with Crippen molar-refractivity contribution < 1.29 is 14.9 Å². The van der Waals surface area contributed by atoms with E-state index in [9.17, 15) is 10.2 Å². The van der Waals surface area contributed by atoms with E-state index in [1.54, 1.807) is 0 Å². The molecule has 114 valence electrons. The lowest BCUT2D eigenvalue weighted by molar-refractivity contribution is 0.0337. The van der Waals surface area contributed by atoms with E-state index in [-0.39, 0.29) is 12.2 Å².